The molecule has 1 N–H and O–H groups in total. The molecule has 0 radical (unpaired) electrons. The summed E-state index contributed by atoms with van der Waals surface area (Å²) in [6, 6.07) is 5.11. The normalized spacial score (nSPS) is 17.4. The first-order valence-electron chi connectivity index (χ1n) is 5.41. The van der Waals surface area contributed by atoms with Crippen molar-refractivity contribution in [2.24, 2.45) is 0 Å². The van der Waals surface area contributed by atoms with E-state index in [1.165, 1.54) is 34.6 Å². The first-order valence-corrected chi connectivity index (χ1v) is 7.02. The molecule has 0 unspecified atom stereocenters. The predicted molar refractivity (Wildman–Crippen MR) is 76.6 cm³/mol. The van der Waals surface area contributed by atoms with E-state index < -0.39 is 0 Å². The zero-order chi connectivity index (χ0) is 10.7. The minimum atomic E-state index is 0. The van der Waals surface area contributed by atoms with Crippen LogP contribution in [0.1, 0.15) is 17.7 Å². The Morgan fingerprint density at radius 1 is 1.44 bits per heavy atom. The Balaban J connectivity index is 0.00000128. The van der Waals surface area contributed by atoms with Crippen LogP contribution in [-0.4, -0.2) is 31.1 Å². The van der Waals surface area contributed by atoms with Crippen LogP contribution in [0.3, 0.4) is 0 Å². The summed E-state index contributed by atoms with van der Waals surface area (Å²) in [5, 5.41) is 3.41. The molecule has 1 aliphatic rings. The van der Waals surface area contributed by atoms with Crippen molar-refractivity contribution in [1.82, 2.24) is 10.2 Å². The van der Waals surface area contributed by atoms with Gasteiger partial charge in [0.15, 0.2) is 0 Å². The van der Waals surface area contributed by atoms with Gasteiger partial charge in [-0.25, -0.2) is 0 Å². The van der Waals surface area contributed by atoms with Crippen LogP contribution in [0, 0.1) is 0 Å². The first-order chi connectivity index (χ1) is 7.25. The van der Waals surface area contributed by atoms with Gasteiger partial charge in [0, 0.05) is 17.5 Å². The van der Waals surface area contributed by atoms with E-state index in [9.17, 15) is 0 Å². The van der Waals surface area contributed by atoms with Crippen molar-refractivity contribution in [3.8, 4) is 0 Å². The average molecular weight is 326 g/mol. The number of halogens is 2. The van der Waals surface area contributed by atoms with E-state index in [2.05, 4.69) is 45.3 Å². The number of nitrogens with one attached hydrogen (secondary N) is 1. The molecule has 1 aromatic heterocycles. The minimum Gasteiger partial charge on any atom is -0.317 e. The fourth-order valence-electron chi connectivity index (χ4n) is 2.06. The molecular formula is C11H18BrClN2S. The number of hydrogen-bond donors (Lipinski definition) is 1. The second-order valence-corrected chi connectivity index (χ2v) is 6.65. The first kappa shape index (κ1) is 14.5. The molecule has 0 atom stereocenters. The van der Waals surface area contributed by atoms with Crippen molar-refractivity contribution in [1.29, 1.82) is 0 Å². The van der Waals surface area contributed by atoms with Gasteiger partial charge in [0.25, 0.3) is 0 Å². The third-order valence-electron chi connectivity index (χ3n) is 2.97. The lowest BCUT2D eigenvalue weighted by Gasteiger charge is -2.31. The molecule has 2 heterocycles. The molecule has 0 saturated carbocycles. The quantitative estimate of drug-likeness (QED) is 0.918. The summed E-state index contributed by atoms with van der Waals surface area (Å²) in [7, 11) is 2.24. The maximum atomic E-state index is 3.51. The van der Waals surface area contributed by atoms with Crippen molar-refractivity contribution in [2.45, 2.75) is 25.4 Å². The molecule has 1 saturated heterocycles. The van der Waals surface area contributed by atoms with Crippen LogP contribution in [0.5, 0.6) is 0 Å². The predicted octanol–water partition coefficient (Wildman–Crippen LogP) is 3.12. The van der Waals surface area contributed by atoms with Gasteiger partial charge in [-0.3, -0.25) is 4.90 Å². The number of nitrogens with zero attached hydrogens (tertiary/aromatic N) is 1. The monoisotopic (exact) mass is 324 g/mol. The molecular weight excluding hydrogens is 308 g/mol. The summed E-state index contributed by atoms with van der Waals surface area (Å²) in [5.41, 5.74) is 0. The SMILES string of the molecule is CN(Cc1ccc(Br)s1)C1CCNCC1.Cl. The van der Waals surface area contributed by atoms with Crippen LogP contribution in [0.25, 0.3) is 0 Å². The van der Waals surface area contributed by atoms with Crippen LogP contribution in [0.4, 0.5) is 0 Å². The van der Waals surface area contributed by atoms with E-state index in [0.29, 0.717) is 0 Å². The molecule has 2 rings (SSSR count). The largest absolute Gasteiger partial charge is 0.317 e. The molecule has 1 aliphatic heterocycles. The van der Waals surface area contributed by atoms with Crippen LogP contribution in [0.15, 0.2) is 15.9 Å². The maximum Gasteiger partial charge on any atom is 0.0701 e. The van der Waals surface area contributed by atoms with Gasteiger partial charge in [0.05, 0.1) is 3.79 Å². The van der Waals surface area contributed by atoms with E-state index in [-0.39, 0.29) is 12.4 Å². The van der Waals surface area contributed by atoms with Gasteiger partial charge in [-0.1, -0.05) is 0 Å². The number of rotatable bonds is 3. The Hall–Kier alpha value is 0.390. The third kappa shape index (κ3) is 4.00. The molecule has 92 valence electrons. The smallest absolute Gasteiger partial charge is 0.0701 e. The van der Waals surface area contributed by atoms with Crippen molar-refractivity contribution < 1.29 is 0 Å². The molecule has 0 aromatic carbocycles. The topological polar surface area (TPSA) is 15.3 Å². The summed E-state index contributed by atoms with van der Waals surface area (Å²) in [6.45, 7) is 3.42. The molecule has 1 aromatic rings. The van der Waals surface area contributed by atoms with Gasteiger partial charge in [-0.2, -0.15) is 0 Å². The standard InChI is InChI=1S/C11H17BrN2S.ClH/c1-14(9-4-6-13-7-5-9)8-10-2-3-11(12)15-10;/h2-3,9,13H,4-8H2,1H3;1H. The van der Waals surface area contributed by atoms with E-state index in [0.717, 1.165) is 12.6 Å². The summed E-state index contributed by atoms with van der Waals surface area (Å²) in [4.78, 5) is 3.93. The van der Waals surface area contributed by atoms with E-state index in [4.69, 9.17) is 0 Å². The molecule has 0 spiro atoms. The summed E-state index contributed by atoms with van der Waals surface area (Å²) in [6.07, 6.45) is 2.56. The molecule has 16 heavy (non-hydrogen) atoms. The van der Waals surface area contributed by atoms with Crippen molar-refractivity contribution in [3.05, 3.63) is 20.8 Å². The zero-order valence-corrected chi connectivity index (χ0v) is 12.6. The van der Waals surface area contributed by atoms with Crippen LogP contribution < -0.4 is 5.32 Å². The van der Waals surface area contributed by atoms with E-state index in [1.54, 1.807) is 0 Å². The second-order valence-electron chi connectivity index (χ2n) is 4.10. The molecule has 5 heteroatoms. The second kappa shape index (κ2) is 6.97. The fourth-order valence-corrected chi connectivity index (χ4v) is 3.61. The number of hydrogen-bond acceptors (Lipinski definition) is 3. The highest BCUT2D eigenvalue weighted by Gasteiger charge is 2.17. The lowest BCUT2D eigenvalue weighted by atomic mass is 10.1. The highest BCUT2D eigenvalue weighted by Crippen LogP contribution is 2.24. The average Bonchev–Trinajstić information content (AvgIpc) is 2.65. The van der Waals surface area contributed by atoms with Gasteiger partial charge in [0.2, 0.25) is 0 Å². The Morgan fingerprint density at radius 3 is 2.69 bits per heavy atom. The lowest BCUT2D eigenvalue weighted by Crippen LogP contribution is -2.40. The van der Waals surface area contributed by atoms with Gasteiger partial charge in [-0.05, 0) is 61.0 Å². The lowest BCUT2D eigenvalue weighted by molar-refractivity contribution is 0.193. The fraction of sp³-hybridized carbons (Fsp3) is 0.636. The number of piperidine rings is 1. The Kier molecular flexibility index (Phi) is 6.29. The van der Waals surface area contributed by atoms with E-state index >= 15 is 0 Å². The van der Waals surface area contributed by atoms with E-state index in [1.807, 2.05) is 11.3 Å². The minimum absolute atomic E-state index is 0. The van der Waals surface area contributed by atoms with Crippen molar-refractivity contribution >= 4 is 39.7 Å². The Bertz CT molecular complexity index is 313. The zero-order valence-electron chi connectivity index (χ0n) is 9.41. The Morgan fingerprint density at radius 2 is 2.12 bits per heavy atom. The molecule has 0 bridgehead atoms. The summed E-state index contributed by atoms with van der Waals surface area (Å²) in [5.74, 6) is 0. The van der Waals surface area contributed by atoms with Crippen LogP contribution >= 0.6 is 39.7 Å². The molecule has 0 aliphatic carbocycles. The number of thiophene rings is 1. The van der Waals surface area contributed by atoms with Crippen molar-refractivity contribution in [3.63, 3.8) is 0 Å². The summed E-state index contributed by atoms with van der Waals surface area (Å²) < 4.78 is 1.23. The molecule has 0 amide bonds. The highest BCUT2D eigenvalue weighted by molar-refractivity contribution is 9.11. The maximum absolute atomic E-state index is 3.51. The third-order valence-corrected chi connectivity index (χ3v) is 4.57. The van der Waals surface area contributed by atoms with Crippen molar-refractivity contribution in [2.75, 3.05) is 20.1 Å². The van der Waals surface area contributed by atoms with Gasteiger partial charge < -0.3 is 5.32 Å². The van der Waals surface area contributed by atoms with Crippen LogP contribution in [0.2, 0.25) is 0 Å². The van der Waals surface area contributed by atoms with Gasteiger partial charge >= 0.3 is 0 Å². The molecule has 2 nitrogen and oxygen atoms in total. The highest BCUT2D eigenvalue weighted by atomic mass is 79.9. The molecule has 1 fully saturated rings. The van der Waals surface area contributed by atoms with Gasteiger partial charge in [0.1, 0.15) is 0 Å². The summed E-state index contributed by atoms with van der Waals surface area (Å²) >= 11 is 5.35. The van der Waals surface area contributed by atoms with Crippen LogP contribution in [-0.2, 0) is 6.54 Å². The van der Waals surface area contributed by atoms with Gasteiger partial charge in [-0.15, -0.1) is 23.7 Å². The Labute approximate surface area is 116 Å².